The molecule has 0 radical (unpaired) electrons. The van der Waals surface area contributed by atoms with Crippen LogP contribution in [0.1, 0.15) is 16.7 Å². The second kappa shape index (κ2) is 5.00. The fourth-order valence-electron chi connectivity index (χ4n) is 1.73. The Hall–Kier alpha value is -2.17. The molecule has 5 nitrogen and oxygen atoms in total. The number of aromatic nitrogens is 3. The SMILES string of the molecule is Cc1ccc(C)c(CC(=O)Nc2nncn2C)c1. The van der Waals surface area contributed by atoms with Gasteiger partial charge in [-0.25, -0.2) is 0 Å². The predicted octanol–water partition coefficient (Wildman–Crippen LogP) is 1.61. The van der Waals surface area contributed by atoms with E-state index in [0.29, 0.717) is 12.4 Å². The number of anilines is 1. The number of carbonyl (C=O) groups is 1. The second-order valence-electron chi connectivity index (χ2n) is 4.42. The number of hydrogen-bond donors (Lipinski definition) is 1. The number of aryl methyl sites for hydroxylation is 3. The molecule has 2 aromatic rings. The summed E-state index contributed by atoms with van der Waals surface area (Å²) in [5, 5.41) is 10.3. The highest BCUT2D eigenvalue weighted by molar-refractivity contribution is 5.90. The van der Waals surface area contributed by atoms with Crippen LogP contribution in [0.2, 0.25) is 0 Å². The lowest BCUT2D eigenvalue weighted by Gasteiger charge is -2.07. The lowest BCUT2D eigenvalue weighted by Crippen LogP contribution is -2.17. The van der Waals surface area contributed by atoms with E-state index in [-0.39, 0.29) is 5.91 Å². The average molecular weight is 244 g/mol. The summed E-state index contributed by atoms with van der Waals surface area (Å²) in [5.74, 6) is 0.380. The molecule has 0 saturated heterocycles. The van der Waals surface area contributed by atoms with Gasteiger partial charge in [0.15, 0.2) is 0 Å². The molecule has 5 heteroatoms. The van der Waals surface area contributed by atoms with Crippen LogP contribution < -0.4 is 5.32 Å². The molecule has 1 heterocycles. The first-order valence-corrected chi connectivity index (χ1v) is 5.76. The molecule has 18 heavy (non-hydrogen) atoms. The Labute approximate surface area is 106 Å². The molecule has 0 bridgehead atoms. The van der Waals surface area contributed by atoms with Crippen molar-refractivity contribution in [3.63, 3.8) is 0 Å². The topological polar surface area (TPSA) is 59.8 Å². The standard InChI is InChI=1S/C13H16N4O/c1-9-4-5-10(2)11(6-9)7-12(18)15-13-16-14-8-17(13)3/h4-6,8H,7H2,1-3H3,(H,15,16,18). The smallest absolute Gasteiger partial charge is 0.231 e. The third-order valence-electron chi connectivity index (χ3n) is 2.82. The fourth-order valence-corrected chi connectivity index (χ4v) is 1.73. The van der Waals surface area contributed by atoms with Gasteiger partial charge >= 0.3 is 0 Å². The summed E-state index contributed by atoms with van der Waals surface area (Å²) in [6.07, 6.45) is 1.90. The summed E-state index contributed by atoms with van der Waals surface area (Å²) in [6.45, 7) is 4.02. The molecule has 1 amide bonds. The Morgan fingerprint density at radius 2 is 2.17 bits per heavy atom. The number of carbonyl (C=O) groups excluding carboxylic acids is 1. The van der Waals surface area contributed by atoms with E-state index in [1.165, 1.54) is 0 Å². The lowest BCUT2D eigenvalue weighted by molar-refractivity contribution is -0.115. The fraction of sp³-hybridized carbons (Fsp3) is 0.308. The summed E-state index contributed by atoms with van der Waals surface area (Å²) in [6, 6.07) is 6.10. The van der Waals surface area contributed by atoms with E-state index in [0.717, 1.165) is 16.7 Å². The van der Waals surface area contributed by atoms with Crippen LogP contribution >= 0.6 is 0 Å². The van der Waals surface area contributed by atoms with Crippen molar-refractivity contribution < 1.29 is 4.79 Å². The lowest BCUT2D eigenvalue weighted by atomic mass is 10.0. The van der Waals surface area contributed by atoms with Crippen molar-refractivity contribution in [1.29, 1.82) is 0 Å². The molecule has 1 aromatic heterocycles. The van der Waals surface area contributed by atoms with Gasteiger partial charge in [-0.1, -0.05) is 23.8 Å². The van der Waals surface area contributed by atoms with Gasteiger partial charge < -0.3 is 4.57 Å². The van der Waals surface area contributed by atoms with E-state index in [4.69, 9.17) is 0 Å². The number of hydrogen-bond acceptors (Lipinski definition) is 3. The molecule has 94 valence electrons. The quantitative estimate of drug-likeness (QED) is 0.892. The van der Waals surface area contributed by atoms with Gasteiger partial charge in [-0.2, -0.15) is 0 Å². The van der Waals surface area contributed by atoms with Crippen molar-refractivity contribution >= 4 is 11.9 Å². The van der Waals surface area contributed by atoms with Crippen LogP contribution in [0.15, 0.2) is 24.5 Å². The van der Waals surface area contributed by atoms with Crippen LogP contribution in [0.25, 0.3) is 0 Å². The Morgan fingerprint density at radius 3 is 2.83 bits per heavy atom. The zero-order valence-electron chi connectivity index (χ0n) is 10.8. The molecule has 0 aliphatic rings. The Balaban J connectivity index is 2.08. The van der Waals surface area contributed by atoms with Gasteiger partial charge in [0, 0.05) is 7.05 Å². The Bertz CT molecular complexity index is 574. The maximum atomic E-state index is 11.9. The first-order valence-electron chi connectivity index (χ1n) is 5.76. The normalized spacial score (nSPS) is 10.4. The molecule has 1 aromatic carbocycles. The van der Waals surface area contributed by atoms with Gasteiger partial charge in [-0.3, -0.25) is 10.1 Å². The first kappa shape index (κ1) is 12.3. The molecular formula is C13H16N4O. The molecule has 2 rings (SSSR count). The van der Waals surface area contributed by atoms with Crippen LogP contribution in [0.4, 0.5) is 5.95 Å². The van der Waals surface area contributed by atoms with Gasteiger partial charge in [0.1, 0.15) is 6.33 Å². The van der Waals surface area contributed by atoms with Gasteiger partial charge in [-0.05, 0) is 25.0 Å². The average Bonchev–Trinajstić information content (AvgIpc) is 2.70. The van der Waals surface area contributed by atoms with Crippen molar-refractivity contribution in [3.05, 3.63) is 41.2 Å². The molecule has 0 unspecified atom stereocenters. The van der Waals surface area contributed by atoms with Crippen LogP contribution in [0, 0.1) is 13.8 Å². The van der Waals surface area contributed by atoms with Crippen LogP contribution in [-0.2, 0) is 18.3 Å². The maximum absolute atomic E-state index is 11.9. The number of nitrogens with zero attached hydrogens (tertiary/aromatic N) is 3. The molecule has 0 saturated carbocycles. The zero-order chi connectivity index (χ0) is 13.1. The van der Waals surface area contributed by atoms with Crippen molar-refractivity contribution in [3.8, 4) is 0 Å². The Morgan fingerprint density at radius 1 is 1.39 bits per heavy atom. The summed E-state index contributed by atoms with van der Waals surface area (Å²) >= 11 is 0. The maximum Gasteiger partial charge on any atom is 0.231 e. The number of nitrogens with one attached hydrogen (secondary N) is 1. The summed E-state index contributed by atoms with van der Waals surface area (Å²) in [7, 11) is 1.79. The number of amides is 1. The van der Waals surface area contributed by atoms with Gasteiger partial charge in [0.25, 0.3) is 0 Å². The largest absolute Gasteiger partial charge is 0.303 e. The molecule has 1 N–H and O–H groups in total. The molecule has 0 fully saturated rings. The summed E-state index contributed by atoms with van der Waals surface area (Å²) in [4.78, 5) is 11.9. The van der Waals surface area contributed by atoms with Crippen LogP contribution in [-0.4, -0.2) is 20.7 Å². The third-order valence-corrected chi connectivity index (χ3v) is 2.82. The van der Waals surface area contributed by atoms with Crippen LogP contribution in [0.3, 0.4) is 0 Å². The van der Waals surface area contributed by atoms with Crippen molar-refractivity contribution in [2.45, 2.75) is 20.3 Å². The van der Waals surface area contributed by atoms with Crippen LogP contribution in [0.5, 0.6) is 0 Å². The van der Waals surface area contributed by atoms with E-state index in [1.54, 1.807) is 17.9 Å². The van der Waals surface area contributed by atoms with E-state index in [2.05, 4.69) is 15.5 Å². The van der Waals surface area contributed by atoms with Gasteiger partial charge in [-0.15, -0.1) is 10.2 Å². The molecule has 0 aliphatic carbocycles. The van der Waals surface area contributed by atoms with Gasteiger partial charge in [0.05, 0.1) is 6.42 Å². The first-order chi connectivity index (χ1) is 8.56. The minimum absolute atomic E-state index is 0.0835. The minimum Gasteiger partial charge on any atom is -0.303 e. The van der Waals surface area contributed by atoms with E-state index < -0.39 is 0 Å². The third kappa shape index (κ3) is 2.74. The van der Waals surface area contributed by atoms with E-state index >= 15 is 0 Å². The Kier molecular flexibility index (Phi) is 3.41. The predicted molar refractivity (Wildman–Crippen MR) is 69.3 cm³/mol. The zero-order valence-corrected chi connectivity index (χ0v) is 10.8. The summed E-state index contributed by atoms with van der Waals surface area (Å²) < 4.78 is 1.67. The molecule has 0 atom stereocenters. The highest BCUT2D eigenvalue weighted by atomic mass is 16.1. The van der Waals surface area contributed by atoms with Gasteiger partial charge in [0.2, 0.25) is 11.9 Å². The van der Waals surface area contributed by atoms with Crippen molar-refractivity contribution in [1.82, 2.24) is 14.8 Å². The van der Waals surface area contributed by atoms with Crippen molar-refractivity contribution in [2.75, 3.05) is 5.32 Å². The highest BCUT2D eigenvalue weighted by Crippen LogP contribution is 2.12. The van der Waals surface area contributed by atoms with E-state index in [9.17, 15) is 4.79 Å². The van der Waals surface area contributed by atoms with Crippen molar-refractivity contribution in [2.24, 2.45) is 7.05 Å². The number of rotatable bonds is 3. The minimum atomic E-state index is -0.0835. The number of benzene rings is 1. The second-order valence-corrected chi connectivity index (χ2v) is 4.42. The summed E-state index contributed by atoms with van der Waals surface area (Å²) in [5.41, 5.74) is 3.31. The van der Waals surface area contributed by atoms with E-state index in [1.807, 2.05) is 32.0 Å². The monoisotopic (exact) mass is 244 g/mol. The molecular weight excluding hydrogens is 228 g/mol. The molecule has 0 aliphatic heterocycles. The molecule has 0 spiro atoms. The highest BCUT2D eigenvalue weighted by Gasteiger charge is 2.09.